The second-order valence-electron chi connectivity index (χ2n) is 5.19. The molecule has 2 N–H and O–H groups in total. The lowest BCUT2D eigenvalue weighted by molar-refractivity contribution is 0.398. The zero-order valence-corrected chi connectivity index (χ0v) is 11.9. The lowest BCUT2D eigenvalue weighted by Gasteiger charge is -2.27. The predicted octanol–water partition coefficient (Wildman–Crippen LogP) is 3.91. The van der Waals surface area contributed by atoms with Crippen molar-refractivity contribution in [2.45, 2.75) is 25.3 Å². The number of hydrogen-bond acceptors (Lipinski definition) is 2. The molecule has 0 bridgehead atoms. The standard InChI is InChI=1S/C15H16BrNO/c1-15(7-2-8-17-15)14-12-5-4-11(16)9-10(12)3-6-13(14)18/h3-6,9,17-18H,2,7-8H2,1H3. The summed E-state index contributed by atoms with van der Waals surface area (Å²) in [6.07, 6.45) is 2.22. The van der Waals surface area contributed by atoms with Gasteiger partial charge in [-0.3, -0.25) is 0 Å². The Morgan fingerprint density at radius 3 is 2.83 bits per heavy atom. The number of hydrogen-bond donors (Lipinski definition) is 2. The molecule has 1 unspecified atom stereocenters. The van der Waals surface area contributed by atoms with E-state index in [-0.39, 0.29) is 5.54 Å². The lowest BCUT2D eigenvalue weighted by atomic mass is 9.86. The molecule has 1 aliphatic heterocycles. The van der Waals surface area contributed by atoms with Gasteiger partial charge in [-0.05, 0) is 55.3 Å². The molecule has 1 atom stereocenters. The molecule has 0 amide bonds. The van der Waals surface area contributed by atoms with Crippen LogP contribution in [0.4, 0.5) is 0 Å². The minimum atomic E-state index is -0.114. The topological polar surface area (TPSA) is 32.3 Å². The van der Waals surface area contributed by atoms with Crippen LogP contribution in [0.25, 0.3) is 10.8 Å². The van der Waals surface area contributed by atoms with E-state index in [1.54, 1.807) is 6.07 Å². The third kappa shape index (κ3) is 1.82. The zero-order valence-electron chi connectivity index (χ0n) is 10.3. The van der Waals surface area contributed by atoms with Crippen LogP contribution in [-0.2, 0) is 5.54 Å². The van der Waals surface area contributed by atoms with Crippen LogP contribution in [0.15, 0.2) is 34.8 Å². The van der Waals surface area contributed by atoms with E-state index in [9.17, 15) is 5.11 Å². The molecule has 94 valence electrons. The van der Waals surface area contributed by atoms with Crippen molar-refractivity contribution in [2.24, 2.45) is 0 Å². The smallest absolute Gasteiger partial charge is 0.121 e. The van der Waals surface area contributed by atoms with Crippen molar-refractivity contribution in [2.75, 3.05) is 6.54 Å². The molecule has 0 aromatic heterocycles. The van der Waals surface area contributed by atoms with Crippen LogP contribution in [0.3, 0.4) is 0 Å². The first-order valence-corrected chi connectivity index (χ1v) is 7.06. The van der Waals surface area contributed by atoms with Crippen molar-refractivity contribution in [3.05, 3.63) is 40.4 Å². The number of fused-ring (bicyclic) bond motifs is 1. The van der Waals surface area contributed by atoms with Crippen molar-refractivity contribution >= 4 is 26.7 Å². The maximum absolute atomic E-state index is 10.3. The molecule has 2 nitrogen and oxygen atoms in total. The Balaban J connectivity index is 2.29. The minimum Gasteiger partial charge on any atom is -0.508 e. The van der Waals surface area contributed by atoms with Crippen LogP contribution in [0.1, 0.15) is 25.3 Å². The maximum Gasteiger partial charge on any atom is 0.121 e. The first-order valence-electron chi connectivity index (χ1n) is 6.27. The number of nitrogens with one attached hydrogen (secondary N) is 1. The lowest BCUT2D eigenvalue weighted by Crippen LogP contribution is -2.33. The van der Waals surface area contributed by atoms with Gasteiger partial charge in [-0.2, -0.15) is 0 Å². The van der Waals surface area contributed by atoms with E-state index in [0.29, 0.717) is 5.75 Å². The van der Waals surface area contributed by atoms with E-state index in [4.69, 9.17) is 0 Å². The van der Waals surface area contributed by atoms with Crippen molar-refractivity contribution in [3.8, 4) is 5.75 Å². The minimum absolute atomic E-state index is 0.114. The Morgan fingerprint density at radius 1 is 1.28 bits per heavy atom. The predicted molar refractivity (Wildman–Crippen MR) is 77.9 cm³/mol. The third-order valence-corrected chi connectivity index (χ3v) is 4.37. The molecule has 1 saturated heterocycles. The molecule has 18 heavy (non-hydrogen) atoms. The Morgan fingerprint density at radius 2 is 2.11 bits per heavy atom. The summed E-state index contributed by atoms with van der Waals surface area (Å²) >= 11 is 3.49. The summed E-state index contributed by atoms with van der Waals surface area (Å²) in [6.45, 7) is 3.19. The molecule has 2 aromatic rings. The van der Waals surface area contributed by atoms with Gasteiger partial charge in [0.15, 0.2) is 0 Å². The van der Waals surface area contributed by atoms with E-state index in [2.05, 4.69) is 40.3 Å². The van der Waals surface area contributed by atoms with Gasteiger partial charge in [0.25, 0.3) is 0 Å². The number of phenolic OH excluding ortho intramolecular Hbond substituents is 1. The number of rotatable bonds is 1. The molecular formula is C15H16BrNO. The van der Waals surface area contributed by atoms with Crippen molar-refractivity contribution < 1.29 is 5.11 Å². The number of aromatic hydroxyl groups is 1. The molecule has 0 saturated carbocycles. The fourth-order valence-electron chi connectivity index (χ4n) is 2.98. The molecule has 3 rings (SSSR count). The van der Waals surface area contributed by atoms with Crippen LogP contribution in [0.2, 0.25) is 0 Å². The van der Waals surface area contributed by atoms with Gasteiger partial charge >= 0.3 is 0 Å². The van der Waals surface area contributed by atoms with Gasteiger partial charge in [0.05, 0.1) is 0 Å². The second kappa shape index (κ2) is 4.25. The fourth-order valence-corrected chi connectivity index (χ4v) is 3.36. The van der Waals surface area contributed by atoms with Gasteiger partial charge in [-0.15, -0.1) is 0 Å². The average Bonchev–Trinajstić information content (AvgIpc) is 2.77. The van der Waals surface area contributed by atoms with Crippen LogP contribution in [-0.4, -0.2) is 11.7 Å². The Hall–Kier alpha value is -1.06. The number of benzene rings is 2. The molecule has 3 heteroatoms. The first kappa shape index (κ1) is 12.0. The summed E-state index contributed by atoms with van der Waals surface area (Å²) in [5.41, 5.74) is 0.919. The Kier molecular flexibility index (Phi) is 2.83. The normalized spacial score (nSPS) is 23.7. The SMILES string of the molecule is CC1(c2c(O)ccc3cc(Br)ccc23)CCCN1. The van der Waals surface area contributed by atoms with Crippen LogP contribution in [0.5, 0.6) is 5.75 Å². The van der Waals surface area contributed by atoms with E-state index in [0.717, 1.165) is 40.2 Å². The van der Waals surface area contributed by atoms with Gasteiger partial charge in [0.1, 0.15) is 5.75 Å². The summed E-state index contributed by atoms with van der Waals surface area (Å²) < 4.78 is 1.07. The van der Waals surface area contributed by atoms with Gasteiger partial charge in [0.2, 0.25) is 0 Å². The molecule has 0 aliphatic carbocycles. The summed E-state index contributed by atoms with van der Waals surface area (Å²) in [7, 11) is 0. The quantitative estimate of drug-likeness (QED) is 0.837. The highest BCUT2D eigenvalue weighted by Crippen LogP contribution is 2.40. The number of halogens is 1. The summed E-state index contributed by atoms with van der Waals surface area (Å²) in [5, 5.41) is 16.1. The summed E-state index contributed by atoms with van der Waals surface area (Å²) in [6, 6.07) is 9.98. The highest BCUT2D eigenvalue weighted by Gasteiger charge is 2.33. The van der Waals surface area contributed by atoms with Crippen LogP contribution < -0.4 is 5.32 Å². The highest BCUT2D eigenvalue weighted by atomic mass is 79.9. The Labute approximate surface area is 115 Å². The van der Waals surface area contributed by atoms with E-state index < -0.39 is 0 Å². The molecule has 0 radical (unpaired) electrons. The largest absolute Gasteiger partial charge is 0.508 e. The third-order valence-electron chi connectivity index (χ3n) is 3.88. The highest BCUT2D eigenvalue weighted by molar-refractivity contribution is 9.10. The maximum atomic E-state index is 10.3. The fraction of sp³-hybridized carbons (Fsp3) is 0.333. The van der Waals surface area contributed by atoms with E-state index in [1.165, 1.54) is 0 Å². The van der Waals surface area contributed by atoms with Gasteiger partial charge in [-0.1, -0.05) is 28.1 Å². The van der Waals surface area contributed by atoms with Crippen molar-refractivity contribution in [1.82, 2.24) is 5.32 Å². The molecule has 0 spiro atoms. The zero-order chi connectivity index (χ0) is 12.8. The van der Waals surface area contributed by atoms with Crippen molar-refractivity contribution in [1.29, 1.82) is 0 Å². The molecule has 1 heterocycles. The van der Waals surface area contributed by atoms with Gasteiger partial charge in [-0.25, -0.2) is 0 Å². The monoisotopic (exact) mass is 305 g/mol. The average molecular weight is 306 g/mol. The first-order chi connectivity index (χ1) is 8.60. The molecule has 1 fully saturated rings. The number of phenols is 1. The second-order valence-corrected chi connectivity index (χ2v) is 6.10. The molecule has 1 aliphatic rings. The van der Waals surface area contributed by atoms with Gasteiger partial charge < -0.3 is 10.4 Å². The summed E-state index contributed by atoms with van der Waals surface area (Å²) in [4.78, 5) is 0. The Bertz CT molecular complexity index is 603. The molecular weight excluding hydrogens is 290 g/mol. The van der Waals surface area contributed by atoms with E-state index >= 15 is 0 Å². The van der Waals surface area contributed by atoms with Crippen LogP contribution >= 0.6 is 15.9 Å². The van der Waals surface area contributed by atoms with Gasteiger partial charge in [0, 0.05) is 15.6 Å². The molecule has 2 aromatic carbocycles. The van der Waals surface area contributed by atoms with Crippen LogP contribution in [0, 0.1) is 0 Å². The summed E-state index contributed by atoms with van der Waals surface area (Å²) in [5.74, 6) is 0.390. The van der Waals surface area contributed by atoms with Crippen molar-refractivity contribution in [3.63, 3.8) is 0 Å². The van der Waals surface area contributed by atoms with E-state index in [1.807, 2.05) is 12.1 Å².